The molecule has 0 aliphatic carbocycles. The Balaban J connectivity index is 4.14. The number of nitrogens with zero attached hydrogens (tertiary/aromatic N) is 2. The summed E-state index contributed by atoms with van der Waals surface area (Å²) >= 11 is 0. The highest BCUT2D eigenvalue weighted by atomic mass is 16.3. The number of aliphatic hydroxyl groups is 2. The topological polar surface area (TPSA) is 40.5 Å². The van der Waals surface area contributed by atoms with Crippen LogP contribution in [0.1, 0.15) is 13.3 Å². The number of likely N-dealkylation sites (N-methyl/N-ethyl adjacent to an activating group) is 2. The molecule has 0 radical (unpaired) electrons. The molecule has 2 N–H and O–H groups in total. The van der Waals surface area contributed by atoms with E-state index in [1.165, 1.54) is 0 Å². The largest absolute Gasteiger partial charge is 0.387 e. The third-order valence-corrected chi connectivity index (χ3v) is 2.64. The van der Waals surface area contributed by atoms with Gasteiger partial charge in [0.05, 0.1) is 35.2 Å². The summed E-state index contributed by atoms with van der Waals surface area (Å²) in [7, 11) is 10.3. The second-order valence-corrected chi connectivity index (χ2v) is 6.49. The van der Waals surface area contributed by atoms with Gasteiger partial charge in [0.25, 0.3) is 0 Å². The van der Waals surface area contributed by atoms with Crippen LogP contribution in [0.3, 0.4) is 0 Å². The maximum absolute atomic E-state index is 9.99. The quantitative estimate of drug-likeness (QED) is 0.604. The van der Waals surface area contributed by atoms with Gasteiger partial charge in [-0.3, -0.25) is 0 Å². The van der Waals surface area contributed by atoms with Gasteiger partial charge in [-0.15, -0.1) is 0 Å². The fourth-order valence-corrected chi connectivity index (χ4v) is 2.03. The van der Waals surface area contributed by atoms with Gasteiger partial charge in [-0.1, -0.05) is 6.92 Å². The van der Waals surface area contributed by atoms with Crippen LogP contribution in [-0.4, -0.2) is 86.3 Å². The normalized spacial score (nSPS) is 17.2. The zero-order valence-corrected chi connectivity index (χ0v) is 11.8. The van der Waals surface area contributed by atoms with Crippen molar-refractivity contribution in [3.05, 3.63) is 0 Å². The van der Waals surface area contributed by atoms with E-state index in [-0.39, 0.29) is 12.2 Å². The van der Waals surface area contributed by atoms with Crippen LogP contribution in [0.5, 0.6) is 0 Å². The number of hydrogen-bond donors (Lipinski definition) is 2. The molecule has 0 spiro atoms. The summed E-state index contributed by atoms with van der Waals surface area (Å²) in [6, 6.07) is 0. The van der Waals surface area contributed by atoms with Gasteiger partial charge in [-0.05, 0) is 6.42 Å². The highest BCUT2D eigenvalue weighted by molar-refractivity contribution is 4.55. The molecule has 0 saturated carbocycles. The van der Waals surface area contributed by atoms with Crippen LogP contribution in [0.4, 0.5) is 0 Å². The van der Waals surface area contributed by atoms with E-state index in [0.717, 1.165) is 17.4 Å². The van der Waals surface area contributed by atoms with Gasteiger partial charge in [0.15, 0.2) is 6.10 Å². The molecule has 0 amide bonds. The minimum Gasteiger partial charge on any atom is -0.387 e. The lowest BCUT2D eigenvalue weighted by Crippen LogP contribution is -2.53. The van der Waals surface area contributed by atoms with Crippen LogP contribution in [0.15, 0.2) is 0 Å². The maximum atomic E-state index is 9.99. The standard InChI is InChI=1S/C12H30N2O2/c1-7-11(15)9-14(5,6)10-12(16)8-13(2,3)4/h11-12,15-16H,7-10H2,1-6H3/q+2. The van der Waals surface area contributed by atoms with Crippen molar-refractivity contribution in [1.29, 1.82) is 0 Å². The van der Waals surface area contributed by atoms with Crippen molar-refractivity contribution >= 4 is 0 Å². The van der Waals surface area contributed by atoms with Gasteiger partial charge in [0.2, 0.25) is 0 Å². The fraction of sp³-hybridized carbons (Fsp3) is 1.00. The number of aliphatic hydroxyl groups excluding tert-OH is 2. The Kier molecular flexibility index (Phi) is 5.90. The summed E-state index contributed by atoms with van der Waals surface area (Å²) in [5.41, 5.74) is 0. The molecule has 16 heavy (non-hydrogen) atoms. The Bertz CT molecular complexity index is 200. The van der Waals surface area contributed by atoms with E-state index >= 15 is 0 Å². The van der Waals surface area contributed by atoms with Crippen molar-refractivity contribution < 1.29 is 19.2 Å². The van der Waals surface area contributed by atoms with Crippen molar-refractivity contribution in [2.75, 3.05) is 54.9 Å². The van der Waals surface area contributed by atoms with Crippen LogP contribution in [0.25, 0.3) is 0 Å². The van der Waals surface area contributed by atoms with Gasteiger partial charge in [0.1, 0.15) is 25.7 Å². The molecule has 0 heterocycles. The van der Waals surface area contributed by atoms with Crippen molar-refractivity contribution in [2.24, 2.45) is 0 Å². The van der Waals surface area contributed by atoms with Crippen molar-refractivity contribution in [3.63, 3.8) is 0 Å². The molecule has 4 nitrogen and oxygen atoms in total. The molecule has 0 aromatic heterocycles. The first-order chi connectivity index (χ1) is 7.06. The van der Waals surface area contributed by atoms with E-state index in [1.54, 1.807) is 0 Å². The first-order valence-corrected chi connectivity index (χ1v) is 6.04. The maximum Gasteiger partial charge on any atom is 0.152 e. The summed E-state index contributed by atoms with van der Waals surface area (Å²) in [5.74, 6) is 0. The molecule has 0 aliphatic heterocycles. The molecule has 0 bridgehead atoms. The minimum absolute atomic E-state index is 0.272. The molecular formula is C12H30N2O2+2. The van der Waals surface area contributed by atoms with Crippen molar-refractivity contribution in [2.45, 2.75) is 25.6 Å². The van der Waals surface area contributed by atoms with Crippen LogP contribution >= 0.6 is 0 Å². The fourth-order valence-electron chi connectivity index (χ4n) is 2.03. The van der Waals surface area contributed by atoms with E-state index in [1.807, 2.05) is 6.92 Å². The average Bonchev–Trinajstić information content (AvgIpc) is 1.97. The van der Waals surface area contributed by atoms with Gasteiger partial charge in [-0.2, -0.15) is 0 Å². The van der Waals surface area contributed by atoms with E-state index < -0.39 is 0 Å². The predicted molar refractivity (Wildman–Crippen MR) is 67.0 cm³/mol. The molecule has 0 aromatic carbocycles. The van der Waals surface area contributed by atoms with Gasteiger partial charge in [0, 0.05) is 0 Å². The number of hydrogen-bond acceptors (Lipinski definition) is 2. The van der Waals surface area contributed by atoms with E-state index in [9.17, 15) is 10.2 Å². The smallest absolute Gasteiger partial charge is 0.152 e. The van der Waals surface area contributed by atoms with Gasteiger partial charge >= 0.3 is 0 Å². The summed E-state index contributed by atoms with van der Waals surface area (Å²) in [4.78, 5) is 0. The number of rotatable bonds is 7. The Morgan fingerprint density at radius 2 is 1.25 bits per heavy atom. The molecule has 0 rings (SSSR count). The first-order valence-electron chi connectivity index (χ1n) is 6.04. The minimum atomic E-state index is -0.320. The van der Waals surface area contributed by atoms with E-state index in [2.05, 4.69) is 35.2 Å². The highest BCUT2D eigenvalue weighted by Gasteiger charge is 2.26. The summed E-state index contributed by atoms with van der Waals surface area (Å²) in [5, 5.41) is 19.6. The van der Waals surface area contributed by atoms with Crippen LogP contribution in [0, 0.1) is 0 Å². The lowest BCUT2D eigenvalue weighted by atomic mass is 10.2. The molecule has 2 atom stereocenters. The molecule has 0 saturated heterocycles. The molecule has 0 aliphatic rings. The monoisotopic (exact) mass is 234 g/mol. The SMILES string of the molecule is CCC(O)C[N+](C)(C)CC(O)C[N+](C)(C)C. The zero-order valence-electron chi connectivity index (χ0n) is 11.8. The van der Waals surface area contributed by atoms with Crippen LogP contribution < -0.4 is 0 Å². The third-order valence-electron chi connectivity index (χ3n) is 2.64. The molecule has 98 valence electrons. The van der Waals surface area contributed by atoms with Gasteiger partial charge in [-0.25, -0.2) is 0 Å². The van der Waals surface area contributed by atoms with E-state index in [0.29, 0.717) is 17.6 Å². The highest BCUT2D eigenvalue weighted by Crippen LogP contribution is 2.06. The summed E-state index contributed by atoms with van der Waals surface area (Å²) < 4.78 is 1.42. The summed E-state index contributed by atoms with van der Waals surface area (Å²) in [6.07, 6.45) is 0.179. The Morgan fingerprint density at radius 3 is 1.62 bits per heavy atom. The zero-order chi connectivity index (χ0) is 13.0. The van der Waals surface area contributed by atoms with E-state index in [4.69, 9.17) is 0 Å². The predicted octanol–water partition coefficient (Wildman–Crippen LogP) is -0.0992. The van der Waals surface area contributed by atoms with Crippen molar-refractivity contribution in [3.8, 4) is 0 Å². The first kappa shape index (κ1) is 15.8. The summed E-state index contributed by atoms with van der Waals surface area (Å²) in [6.45, 7) is 4.11. The average molecular weight is 234 g/mol. The number of quaternary nitrogens is 2. The molecular weight excluding hydrogens is 204 g/mol. The van der Waals surface area contributed by atoms with Crippen LogP contribution in [-0.2, 0) is 0 Å². The third kappa shape index (κ3) is 8.05. The molecule has 2 unspecified atom stereocenters. The Hall–Kier alpha value is -0.160. The second-order valence-electron chi connectivity index (χ2n) is 6.49. The van der Waals surface area contributed by atoms with Crippen LogP contribution in [0.2, 0.25) is 0 Å². The second kappa shape index (κ2) is 5.96. The lowest BCUT2D eigenvalue weighted by Gasteiger charge is -2.35. The lowest BCUT2D eigenvalue weighted by molar-refractivity contribution is -0.909. The Labute approximate surface area is 100 Å². The molecule has 4 heteroatoms. The molecule has 0 aromatic rings. The van der Waals surface area contributed by atoms with Gasteiger partial charge < -0.3 is 19.2 Å². The molecule has 0 fully saturated rings. The van der Waals surface area contributed by atoms with Crippen molar-refractivity contribution in [1.82, 2.24) is 0 Å². The Morgan fingerprint density at radius 1 is 0.812 bits per heavy atom.